The molecule has 2 aromatic carbocycles. The van der Waals surface area contributed by atoms with E-state index in [0.29, 0.717) is 10.0 Å². The summed E-state index contributed by atoms with van der Waals surface area (Å²) < 4.78 is 5.70. The van der Waals surface area contributed by atoms with Gasteiger partial charge in [-0.15, -0.1) is 0 Å². The molecule has 0 heterocycles. The van der Waals surface area contributed by atoms with E-state index < -0.39 is 5.97 Å². The molecule has 4 heteroatoms. The molecular weight excluding hydrogens is 330 g/mol. The Morgan fingerprint density at radius 2 is 2.05 bits per heavy atom. The molecule has 0 saturated carbocycles. The first-order valence-electron chi connectivity index (χ1n) is 6.46. The number of nitriles is 1. The summed E-state index contributed by atoms with van der Waals surface area (Å²) in [6, 6.07) is 13.8. The van der Waals surface area contributed by atoms with Crippen molar-refractivity contribution in [1.82, 2.24) is 0 Å². The quantitative estimate of drug-likeness (QED) is 0.621. The Morgan fingerprint density at radius 1 is 1.33 bits per heavy atom. The van der Waals surface area contributed by atoms with Crippen molar-refractivity contribution >= 4 is 21.9 Å². The van der Waals surface area contributed by atoms with Gasteiger partial charge in [0.25, 0.3) is 0 Å². The third-order valence-electron chi connectivity index (χ3n) is 3.13. The number of aryl methyl sites for hydroxylation is 1. The van der Waals surface area contributed by atoms with Crippen molar-refractivity contribution in [2.75, 3.05) is 0 Å². The van der Waals surface area contributed by atoms with Gasteiger partial charge in [0.15, 0.2) is 5.75 Å². The highest BCUT2D eigenvalue weighted by atomic mass is 79.9. The summed E-state index contributed by atoms with van der Waals surface area (Å²) in [5.41, 5.74) is 3.75. The molecule has 0 saturated heterocycles. The normalized spacial score (nSPS) is 10.0. The van der Waals surface area contributed by atoms with Gasteiger partial charge >= 0.3 is 5.97 Å². The van der Waals surface area contributed by atoms with Crippen LogP contribution in [0.2, 0.25) is 0 Å². The number of carbonyl (C=O) groups excluding carboxylic acids is 1. The average molecular weight is 344 g/mol. The maximum atomic E-state index is 11.1. The van der Waals surface area contributed by atoms with Crippen LogP contribution >= 0.6 is 15.9 Å². The molecule has 106 valence electrons. The van der Waals surface area contributed by atoms with Crippen molar-refractivity contribution in [2.45, 2.75) is 20.3 Å². The first kappa shape index (κ1) is 15.3. The highest BCUT2D eigenvalue weighted by molar-refractivity contribution is 9.10. The van der Waals surface area contributed by atoms with Crippen LogP contribution in [0, 0.1) is 18.3 Å². The summed E-state index contributed by atoms with van der Waals surface area (Å²) in [4.78, 5) is 11.1. The van der Waals surface area contributed by atoms with Gasteiger partial charge in [0.05, 0.1) is 10.0 Å². The average Bonchev–Trinajstić information content (AvgIpc) is 2.43. The fourth-order valence-electron chi connectivity index (χ4n) is 2.11. The molecule has 0 N–H and O–H groups in total. The number of halogens is 1. The number of esters is 1. The fourth-order valence-corrected chi connectivity index (χ4v) is 2.70. The van der Waals surface area contributed by atoms with Gasteiger partial charge in [-0.05, 0) is 58.1 Å². The van der Waals surface area contributed by atoms with Crippen molar-refractivity contribution in [3.8, 4) is 11.8 Å². The minimum absolute atomic E-state index is 0.276. The monoisotopic (exact) mass is 343 g/mol. The Bertz CT molecular complexity index is 732. The molecule has 2 rings (SSSR count). The predicted molar refractivity (Wildman–Crippen MR) is 84.2 cm³/mol. The SMILES string of the molecule is CC(=O)Oc1c(Br)cc(Cc2ccccc2C)cc1C#N. The highest BCUT2D eigenvalue weighted by Gasteiger charge is 2.13. The van der Waals surface area contributed by atoms with Gasteiger partial charge in [-0.1, -0.05) is 24.3 Å². The van der Waals surface area contributed by atoms with E-state index in [1.165, 1.54) is 18.1 Å². The van der Waals surface area contributed by atoms with Gasteiger partial charge in [-0.25, -0.2) is 0 Å². The molecule has 0 aliphatic heterocycles. The molecule has 0 aliphatic rings. The zero-order chi connectivity index (χ0) is 15.4. The summed E-state index contributed by atoms with van der Waals surface area (Å²) >= 11 is 3.37. The lowest BCUT2D eigenvalue weighted by Gasteiger charge is -2.10. The first-order valence-corrected chi connectivity index (χ1v) is 7.26. The predicted octanol–water partition coefficient (Wildman–Crippen LogP) is 4.15. The summed E-state index contributed by atoms with van der Waals surface area (Å²) in [7, 11) is 0. The lowest BCUT2D eigenvalue weighted by Crippen LogP contribution is -2.04. The van der Waals surface area contributed by atoms with Crippen LogP contribution in [0.15, 0.2) is 40.9 Å². The van der Waals surface area contributed by atoms with E-state index in [9.17, 15) is 10.1 Å². The van der Waals surface area contributed by atoms with E-state index >= 15 is 0 Å². The number of ether oxygens (including phenoxy) is 1. The molecule has 0 aromatic heterocycles. The van der Waals surface area contributed by atoms with E-state index in [-0.39, 0.29) is 5.75 Å². The Kier molecular flexibility index (Phi) is 4.77. The molecule has 0 aliphatic carbocycles. The standard InChI is InChI=1S/C17H14BrNO2/c1-11-5-3-4-6-14(11)7-13-8-15(10-19)17(16(18)9-13)21-12(2)20/h3-6,8-9H,7H2,1-2H3. The van der Waals surface area contributed by atoms with Crippen molar-refractivity contribution in [1.29, 1.82) is 5.26 Å². The van der Waals surface area contributed by atoms with Crippen molar-refractivity contribution in [3.63, 3.8) is 0 Å². The van der Waals surface area contributed by atoms with E-state index in [1.807, 2.05) is 18.2 Å². The smallest absolute Gasteiger partial charge is 0.308 e. The molecule has 0 spiro atoms. The molecule has 0 radical (unpaired) electrons. The second-order valence-corrected chi connectivity index (χ2v) is 5.62. The molecule has 21 heavy (non-hydrogen) atoms. The third kappa shape index (κ3) is 3.71. The zero-order valence-corrected chi connectivity index (χ0v) is 13.4. The van der Waals surface area contributed by atoms with Crippen molar-refractivity contribution in [2.24, 2.45) is 0 Å². The van der Waals surface area contributed by atoms with Gasteiger partial charge in [0.2, 0.25) is 0 Å². The Hall–Kier alpha value is -2.12. The zero-order valence-electron chi connectivity index (χ0n) is 11.8. The van der Waals surface area contributed by atoms with Crippen LogP contribution in [0.5, 0.6) is 5.75 Å². The number of hydrogen-bond donors (Lipinski definition) is 0. The Balaban J connectivity index is 2.39. The van der Waals surface area contributed by atoms with E-state index in [1.54, 1.807) is 6.07 Å². The number of carbonyl (C=O) groups is 1. The summed E-state index contributed by atoms with van der Waals surface area (Å²) in [6.07, 6.45) is 0.723. The minimum Gasteiger partial charge on any atom is -0.424 e. The maximum absolute atomic E-state index is 11.1. The molecule has 2 aromatic rings. The van der Waals surface area contributed by atoms with E-state index in [4.69, 9.17) is 4.74 Å². The van der Waals surface area contributed by atoms with Gasteiger partial charge in [-0.2, -0.15) is 5.26 Å². The molecule has 0 amide bonds. The number of benzene rings is 2. The largest absolute Gasteiger partial charge is 0.424 e. The minimum atomic E-state index is -0.446. The third-order valence-corrected chi connectivity index (χ3v) is 3.71. The van der Waals surface area contributed by atoms with Crippen LogP contribution < -0.4 is 4.74 Å². The topological polar surface area (TPSA) is 50.1 Å². The lowest BCUT2D eigenvalue weighted by atomic mass is 9.99. The van der Waals surface area contributed by atoms with Crippen LogP contribution in [0.4, 0.5) is 0 Å². The van der Waals surface area contributed by atoms with Gasteiger partial charge in [-0.3, -0.25) is 4.79 Å². The van der Waals surface area contributed by atoms with Crippen LogP contribution in [-0.4, -0.2) is 5.97 Å². The van der Waals surface area contributed by atoms with Crippen LogP contribution in [-0.2, 0) is 11.2 Å². The Labute approximate surface area is 132 Å². The number of hydrogen-bond acceptors (Lipinski definition) is 3. The van der Waals surface area contributed by atoms with E-state index in [0.717, 1.165) is 12.0 Å². The second-order valence-electron chi connectivity index (χ2n) is 4.76. The second kappa shape index (κ2) is 6.55. The molecule has 3 nitrogen and oxygen atoms in total. The van der Waals surface area contributed by atoms with Gasteiger partial charge < -0.3 is 4.74 Å². The summed E-state index contributed by atoms with van der Waals surface area (Å²) in [6.45, 7) is 3.37. The van der Waals surface area contributed by atoms with Crippen molar-refractivity contribution < 1.29 is 9.53 Å². The van der Waals surface area contributed by atoms with E-state index in [2.05, 4.69) is 41.1 Å². The molecular formula is C17H14BrNO2. The summed E-state index contributed by atoms with van der Waals surface area (Å²) in [5.74, 6) is -0.169. The fraction of sp³-hybridized carbons (Fsp3) is 0.176. The molecule has 0 bridgehead atoms. The number of rotatable bonds is 3. The van der Waals surface area contributed by atoms with Gasteiger partial charge in [0.1, 0.15) is 6.07 Å². The highest BCUT2D eigenvalue weighted by Crippen LogP contribution is 2.31. The Morgan fingerprint density at radius 3 is 2.67 bits per heavy atom. The molecule has 0 atom stereocenters. The van der Waals surface area contributed by atoms with Crippen LogP contribution in [0.3, 0.4) is 0 Å². The van der Waals surface area contributed by atoms with Gasteiger partial charge in [0, 0.05) is 6.92 Å². The van der Waals surface area contributed by atoms with Crippen LogP contribution in [0.25, 0.3) is 0 Å². The first-order chi connectivity index (χ1) is 10.0. The molecule has 0 fully saturated rings. The number of nitrogens with zero attached hydrogens (tertiary/aromatic N) is 1. The lowest BCUT2D eigenvalue weighted by molar-refractivity contribution is -0.131. The van der Waals surface area contributed by atoms with Crippen molar-refractivity contribution in [3.05, 3.63) is 63.1 Å². The summed E-state index contributed by atoms with van der Waals surface area (Å²) in [5, 5.41) is 9.24. The molecule has 0 unspecified atom stereocenters. The maximum Gasteiger partial charge on any atom is 0.308 e. The van der Waals surface area contributed by atoms with Crippen LogP contribution in [0.1, 0.15) is 29.2 Å².